The van der Waals surface area contributed by atoms with Crippen LogP contribution in [0.4, 0.5) is 0 Å². The van der Waals surface area contributed by atoms with Crippen LogP contribution in [0.15, 0.2) is 29.2 Å². The van der Waals surface area contributed by atoms with E-state index in [0.717, 1.165) is 19.3 Å². The number of rotatable bonds is 11. The molecule has 0 spiro atoms. The zero-order chi connectivity index (χ0) is 15.6. The molecular weight excluding hydrogens is 288 g/mol. The van der Waals surface area contributed by atoms with Gasteiger partial charge in [0.15, 0.2) is 0 Å². The van der Waals surface area contributed by atoms with E-state index in [1.54, 1.807) is 19.2 Å². The summed E-state index contributed by atoms with van der Waals surface area (Å²) in [6, 6.07) is 6.23. The van der Waals surface area contributed by atoms with Crippen molar-refractivity contribution in [3.8, 4) is 5.75 Å². The minimum atomic E-state index is -3.64. The smallest absolute Gasteiger partial charge is 0.296 e. The second-order valence-electron chi connectivity index (χ2n) is 5.07. The third kappa shape index (κ3) is 6.96. The molecule has 0 radical (unpaired) electrons. The number of hydrogen-bond donors (Lipinski definition) is 0. The van der Waals surface area contributed by atoms with Crippen LogP contribution in [0, 0.1) is 0 Å². The quantitative estimate of drug-likeness (QED) is 0.455. The summed E-state index contributed by atoms with van der Waals surface area (Å²) in [5, 5.41) is 0. The molecule has 1 rings (SSSR count). The standard InChI is InChI=1S/C16H26O4S/c1-3-4-5-6-7-8-9-14-20-21(17,18)16-12-10-15(19-2)11-13-16/h10-13H,3-9,14H2,1-2H3. The van der Waals surface area contributed by atoms with Crippen molar-refractivity contribution in [1.82, 2.24) is 0 Å². The van der Waals surface area contributed by atoms with E-state index >= 15 is 0 Å². The third-order valence-corrected chi connectivity index (χ3v) is 4.66. The zero-order valence-corrected chi connectivity index (χ0v) is 13.8. The maximum atomic E-state index is 11.9. The van der Waals surface area contributed by atoms with Gasteiger partial charge in [0.05, 0.1) is 18.6 Å². The Bertz CT molecular complexity index is 480. The van der Waals surface area contributed by atoms with Crippen LogP contribution in [-0.2, 0) is 14.3 Å². The molecule has 0 fully saturated rings. The van der Waals surface area contributed by atoms with Crippen molar-refractivity contribution < 1.29 is 17.3 Å². The molecular formula is C16H26O4S. The molecule has 1 aromatic carbocycles. The average molecular weight is 314 g/mol. The van der Waals surface area contributed by atoms with Gasteiger partial charge < -0.3 is 4.74 Å². The van der Waals surface area contributed by atoms with Gasteiger partial charge in [-0.05, 0) is 30.7 Å². The van der Waals surface area contributed by atoms with Crippen molar-refractivity contribution >= 4 is 10.1 Å². The molecule has 21 heavy (non-hydrogen) atoms. The number of hydrogen-bond acceptors (Lipinski definition) is 4. The van der Waals surface area contributed by atoms with Crippen molar-refractivity contribution in [2.24, 2.45) is 0 Å². The molecule has 0 aliphatic rings. The SMILES string of the molecule is CCCCCCCCCOS(=O)(=O)c1ccc(OC)cc1. The highest BCUT2D eigenvalue weighted by molar-refractivity contribution is 7.86. The number of methoxy groups -OCH3 is 1. The summed E-state index contributed by atoms with van der Waals surface area (Å²) in [6.07, 6.45) is 7.95. The lowest BCUT2D eigenvalue weighted by molar-refractivity contribution is 0.306. The molecule has 120 valence electrons. The molecule has 5 heteroatoms. The third-order valence-electron chi connectivity index (χ3n) is 3.33. The van der Waals surface area contributed by atoms with E-state index in [1.807, 2.05) is 0 Å². The fraction of sp³-hybridized carbons (Fsp3) is 0.625. The van der Waals surface area contributed by atoms with Gasteiger partial charge in [0.2, 0.25) is 0 Å². The Labute approximate surface area is 128 Å². The summed E-state index contributed by atoms with van der Waals surface area (Å²) in [6.45, 7) is 2.44. The van der Waals surface area contributed by atoms with Crippen LogP contribution in [0.25, 0.3) is 0 Å². The molecule has 0 saturated heterocycles. The predicted octanol–water partition coefficient (Wildman–Crippen LogP) is 4.15. The lowest BCUT2D eigenvalue weighted by atomic mass is 10.1. The van der Waals surface area contributed by atoms with Crippen molar-refractivity contribution in [2.75, 3.05) is 13.7 Å². The second-order valence-corrected chi connectivity index (χ2v) is 6.69. The largest absolute Gasteiger partial charge is 0.497 e. The van der Waals surface area contributed by atoms with Crippen molar-refractivity contribution in [1.29, 1.82) is 0 Å². The molecule has 0 aliphatic carbocycles. The van der Waals surface area contributed by atoms with Crippen molar-refractivity contribution in [2.45, 2.75) is 56.8 Å². The minimum absolute atomic E-state index is 0.172. The minimum Gasteiger partial charge on any atom is -0.497 e. The van der Waals surface area contributed by atoms with E-state index in [2.05, 4.69) is 6.92 Å². The lowest BCUT2D eigenvalue weighted by Gasteiger charge is -2.06. The summed E-state index contributed by atoms with van der Waals surface area (Å²) in [7, 11) is -2.10. The average Bonchev–Trinajstić information content (AvgIpc) is 2.50. The maximum absolute atomic E-state index is 11.9. The Kier molecular flexibility index (Phi) is 8.38. The van der Waals surface area contributed by atoms with Gasteiger partial charge in [0, 0.05) is 0 Å². The first-order valence-corrected chi connectivity index (χ1v) is 9.04. The van der Waals surface area contributed by atoms with E-state index in [4.69, 9.17) is 8.92 Å². The Morgan fingerprint density at radius 2 is 1.48 bits per heavy atom. The first-order chi connectivity index (χ1) is 10.1. The van der Waals surface area contributed by atoms with Gasteiger partial charge in [0.25, 0.3) is 10.1 Å². The summed E-state index contributed by atoms with van der Waals surface area (Å²) >= 11 is 0. The molecule has 0 heterocycles. The Hall–Kier alpha value is -1.07. The van der Waals surface area contributed by atoms with Crippen LogP contribution < -0.4 is 4.74 Å². The van der Waals surface area contributed by atoms with Gasteiger partial charge in [0.1, 0.15) is 5.75 Å². The van der Waals surface area contributed by atoms with Crippen LogP contribution in [0.1, 0.15) is 51.9 Å². The molecule has 4 nitrogen and oxygen atoms in total. The summed E-state index contributed by atoms with van der Waals surface area (Å²) in [5.41, 5.74) is 0. The van der Waals surface area contributed by atoms with Crippen LogP contribution in [0.2, 0.25) is 0 Å². The molecule has 0 saturated carbocycles. The first-order valence-electron chi connectivity index (χ1n) is 7.63. The first kappa shape index (κ1) is 18.0. The van der Waals surface area contributed by atoms with Crippen LogP contribution in [0.5, 0.6) is 5.75 Å². The normalized spacial score (nSPS) is 11.5. The van der Waals surface area contributed by atoms with Crippen LogP contribution in [0.3, 0.4) is 0 Å². The Balaban J connectivity index is 2.26. The number of benzene rings is 1. The second kappa shape index (κ2) is 9.79. The van der Waals surface area contributed by atoms with Crippen LogP contribution in [-0.4, -0.2) is 22.1 Å². The number of unbranched alkanes of at least 4 members (excludes halogenated alkanes) is 6. The van der Waals surface area contributed by atoms with Crippen LogP contribution >= 0.6 is 0 Å². The molecule has 0 N–H and O–H groups in total. The molecule has 0 amide bonds. The van der Waals surface area contributed by atoms with E-state index in [0.29, 0.717) is 5.75 Å². The highest BCUT2D eigenvalue weighted by Gasteiger charge is 2.14. The van der Waals surface area contributed by atoms with E-state index in [-0.39, 0.29) is 11.5 Å². The molecule has 0 atom stereocenters. The maximum Gasteiger partial charge on any atom is 0.296 e. The van der Waals surface area contributed by atoms with E-state index < -0.39 is 10.1 Å². The monoisotopic (exact) mass is 314 g/mol. The van der Waals surface area contributed by atoms with Gasteiger partial charge in [-0.3, -0.25) is 4.18 Å². The lowest BCUT2D eigenvalue weighted by Crippen LogP contribution is -2.07. The van der Waals surface area contributed by atoms with Crippen molar-refractivity contribution in [3.05, 3.63) is 24.3 Å². The van der Waals surface area contributed by atoms with Crippen molar-refractivity contribution in [3.63, 3.8) is 0 Å². The fourth-order valence-corrected chi connectivity index (χ4v) is 2.98. The number of ether oxygens (including phenoxy) is 1. The van der Waals surface area contributed by atoms with Gasteiger partial charge >= 0.3 is 0 Å². The molecule has 1 aromatic rings. The summed E-state index contributed by atoms with van der Waals surface area (Å²) in [4.78, 5) is 0.172. The highest BCUT2D eigenvalue weighted by Crippen LogP contribution is 2.17. The van der Waals surface area contributed by atoms with Gasteiger partial charge in [-0.15, -0.1) is 0 Å². The van der Waals surface area contributed by atoms with E-state index in [1.165, 1.54) is 37.8 Å². The highest BCUT2D eigenvalue weighted by atomic mass is 32.2. The van der Waals surface area contributed by atoms with Gasteiger partial charge in [-0.1, -0.05) is 45.4 Å². The van der Waals surface area contributed by atoms with E-state index in [9.17, 15) is 8.42 Å². The zero-order valence-electron chi connectivity index (χ0n) is 13.0. The predicted molar refractivity (Wildman–Crippen MR) is 84.1 cm³/mol. The van der Waals surface area contributed by atoms with Gasteiger partial charge in [-0.2, -0.15) is 8.42 Å². The molecule has 0 unspecified atom stereocenters. The fourth-order valence-electron chi connectivity index (χ4n) is 2.04. The molecule has 0 aliphatic heterocycles. The summed E-state index contributed by atoms with van der Waals surface area (Å²) < 4.78 is 33.9. The Morgan fingerprint density at radius 1 is 0.905 bits per heavy atom. The van der Waals surface area contributed by atoms with Gasteiger partial charge in [-0.25, -0.2) is 0 Å². The molecule has 0 aromatic heterocycles. The molecule has 0 bridgehead atoms. The Morgan fingerprint density at radius 3 is 2.05 bits per heavy atom. The topological polar surface area (TPSA) is 52.6 Å². The summed E-state index contributed by atoms with van der Waals surface area (Å²) in [5.74, 6) is 0.626.